The number of piperidine rings is 1. The molecule has 1 atom stereocenters. The Labute approximate surface area is 218 Å². The highest BCUT2D eigenvalue weighted by Crippen LogP contribution is 2.48. The molecule has 194 valence electrons. The standard InChI is InChI=1S/C29H28FN5O3/c30-22-14-20-25-28(26(22)33-11-8-19(31)15-33)38-24-13-18-7-3-2-6-17(18)12-23(24)35(25)16-21(27(20)36)29(37)32-34-9-4-1-5-10-34/h2-3,6-7,12-14,16,19H,1,4-5,8-11,15,31H2,(H,32,37). The number of anilines is 1. The second-order valence-corrected chi connectivity index (χ2v) is 10.4. The lowest BCUT2D eigenvalue weighted by atomic mass is 10.0. The molecule has 4 aromatic rings. The fraction of sp³-hybridized carbons (Fsp3) is 0.310. The van der Waals surface area contributed by atoms with Crippen LogP contribution >= 0.6 is 0 Å². The van der Waals surface area contributed by atoms with Gasteiger partial charge in [0.25, 0.3) is 5.91 Å². The smallest absolute Gasteiger partial charge is 0.271 e. The van der Waals surface area contributed by atoms with Crippen LogP contribution in [0, 0.1) is 5.82 Å². The summed E-state index contributed by atoms with van der Waals surface area (Å²) in [6.07, 6.45) is 5.39. The first-order valence-corrected chi connectivity index (χ1v) is 13.2. The topological polar surface area (TPSA) is 92.8 Å². The Morgan fingerprint density at radius 1 is 1.05 bits per heavy atom. The van der Waals surface area contributed by atoms with Crippen LogP contribution in [0.5, 0.6) is 11.5 Å². The summed E-state index contributed by atoms with van der Waals surface area (Å²) in [6, 6.07) is 12.9. The van der Waals surface area contributed by atoms with Crippen molar-refractivity contribution in [1.82, 2.24) is 15.0 Å². The van der Waals surface area contributed by atoms with E-state index in [-0.39, 0.29) is 22.7 Å². The van der Waals surface area contributed by atoms with Crippen molar-refractivity contribution in [3.8, 4) is 17.2 Å². The van der Waals surface area contributed by atoms with Gasteiger partial charge in [0.15, 0.2) is 17.3 Å². The minimum Gasteiger partial charge on any atom is -0.451 e. The number of aromatic nitrogens is 1. The maximum absolute atomic E-state index is 15.8. The molecule has 8 nitrogen and oxygen atoms in total. The fourth-order valence-corrected chi connectivity index (χ4v) is 5.95. The number of hydrazine groups is 1. The van der Waals surface area contributed by atoms with Crippen LogP contribution in [0.2, 0.25) is 0 Å². The van der Waals surface area contributed by atoms with Crippen LogP contribution in [0.1, 0.15) is 36.0 Å². The summed E-state index contributed by atoms with van der Waals surface area (Å²) in [5, 5.41) is 3.91. The molecule has 0 aliphatic carbocycles. The highest BCUT2D eigenvalue weighted by molar-refractivity contribution is 6.02. The number of hydrogen-bond donors (Lipinski definition) is 2. The Morgan fingerprint density at radius 3 is 2.55 bits per heavy atom. The molecule has 1 aromatic heterocycles. The molecule has 0 bridgehead atoms. The molecule has 1 unspecified atom stereocenters. The highest BCUT2D eigenvalue weighted by Gasteiger charge is 2.33. The predicted octanol–water partition coefficient (Wildman–Crippen LogP) is 4.06. The Bertz CT molecular complexity index is 1680. The zero-order valence-electron chi connectivity index (χ0n) is 20.9. The number of halogens is 1. The highest BCUT2D eigenvalue weighted by atomic mass is 19.1. The molecule has 4 heterocycles. The molecule has 3 aromatic carbocycles. The van der Waals surface area contributed by atoms with Crippen LogP contribution < -0.4 is 26.2 Å². The predicted molar refractivity (Wildman–Crippen MR) is 145 cm³/mol. The number of benzene rings is 3. The Balaban J connectivity index is 1.47. The summed E-state index contributed by atoms with van der Waals surface area (Å²) in [5.74, 6) is -0.258. The van der Waals surface area contributed by atoms with E-state index in [1.54, 1.807) is 10.8 Å². The summed E-state index contributed by atoms with van der Waals surface area (Å²) in [4.78, 5) is 28.9. The van der Waals surface area contributed by atoms with Gasteiger partial charge >= 0.3 is 0 Å². The summed E-state index contributed by atoms with van der Waals surface area (Å²) >= 11 is 0. The number of pyridine rings is 1. The van der Waals surface area contributed by atoms with E-state index < -0.39 is 17.2 Å². The molecule has 3 aliphatic rings. The number of nitrogens with one attached hydrogen (secondary N) is 1. The van der Waals surface area contributed by atoms with Crippen molar-refractivity contribution in [2.75, 3.05) is 31.1 Å². The second kappa shape index (κ2) is 8.82. The zero-order chi connectivity index (χ0) is 26.0. The first-order valence-electron chi connectivity index (χ1n) is 13.2. The molecular formula is C29H28FN5O3. The number of carbonyl (C=O) groups is 1. The number of hydrogen-bond acceptors (Lipinski definition) is 6. The number of nitrogens with two attached hydrogens (primary N) is 1. The maximum atomic E-state index is 15.8. The first kappa shape index (κ1) is 23.2. The molecule has 0 spiro atoms. The minimum absolute atomic E-state index is 0.0367. The third-order valence-electron chi connectivity index (χ3n) is 7.87. The van der Waals surface area contributed by atoms with Crippen LogP contribution in [0.4, 0.5) is 10.1 Å². The van der Waals surface area contributed by atoms with Crippen molar-refractivity contribution in [1.29, 1.82) is 0 Å². The van der Waals surface area contributed by atoms with Crippen LogP contribution in [0.15, 0.2) is 53.5 Å². The van der Waals surface area contributed by atoms with Crippen molar-refractivity contribution in [2.45, 2.75) is 31.7 Å². The van der Waals surface area contributed by atoms with Gasteiger partial charge in [-0.1, -0.05) is 30.7 Å². The number of carbonyl (C=O) groups excluding carboxylic acids is 1. The van der Waals surface area contributed by atoms with E-state index in [1.165, 1.54) is 6.07 Å². The quantitative estimate of drug-likeness (QED) is 0.378. The lowest BCUT2D eigenvalue weighted by Crippen LogP contribution is -2.46. The van der Waals surface area contributed by atoms with Crippen LogP contribution in [-0.4, -0.2) is 47.7 Å². The van der Waals surface area contributed by atoms with Gasteiger partial charge < -0.3 is 19.9 Å². The van der Waals surface area contributed by atoms with Gasteiger partial charge in [-0.15, -0.1) is 0 Å². The number of amides is 1. The van der Waals surface area contributed by atoms with Gasteiger partial charge in [0.1, 0.15) is 16.8 Å². The Morgan fingerprint density at radius 2 is 1.82 bits per heavy atom. The summed E-state index contributed by atoms with van der Waals surface area (Å²) in [6.45, 7) is 2.54. The van der Waals surface area contributed by atoms with Crippen molar-refractivity contribution < 1.29 is 13.9 Å². The van der Waals surface area contributed by atoms with Crippen molar-refractivity contribution >= 4 is 33.3 Å². The van der Waals surface area contributed by atoms with Gasteiger partial charge in [-0.05, 0) is 48.2 Å². The van der Waals surface area contributed by atoms with E-state index in [1.807, 2.05) is 46.3 Å². The second-order valence-electron chi connectivity index (χ2n) is 10.4. The molecule has 9 heteroatoms. The lowest BCUT2D eigenvalue weighted by molar-refractivity contribution is 0.0748. The van der Waals surface area contributed by atoms with Gasteiger partial charge in [0.2, 0.25) is 5.43 Å². The average Bonchev–Trinajstić information content (AvgIpc) is 3.35. The number of rotatable bonds is 3. The van der Waals surface area contributed by atoms with Gasteiger partial charge in [-0.25, -0.2) is 9.40 Å². The molecule has 1 amide bonds. The summed E-state index contributed by atoms with van der Waals surface area (Å²) < 4.78 is 24.0. The van der Waals surface area contributed by atoms with Gasteiger partial charge in [0.05, 0.1) is 11.1 Å². The van der Waals surface area contributed by atoms with Crippen molar-refractivity contribution in [3.05, 3.63) is 70.3 Å². The maximum Gasteiger partial charge on any atom is 0.271 e. The van der Waals surface area contributed by atoms with Crippen LogP contribution in [0.25, 0.3) is 27.4 Å². The van der Waals surface area contributed by atoms with E-state index >= 15 is 4.39 Å². The fourth-order valence-electron chi connectivity index (χ4n) is 5.95. The monoisotopic (exact) mass is 513 g/mol. The van der Waals surface area contributed by atoms with Crippen molar-refractivity contribution in [2.24, 2.45) is 5.73 Å². The van der Waals surface area contributed by atoms with Crippen molar-refractivity contribution in [3.63, 3.8) is 0 Å². The molecule has 0 saturated carbocycles. The largest absolute Gasteiger partial charge is 0.451 e. The van der Waals surface area contributed by atoms with Gasteiger partial charge in [-0.3, -0.25) is 15.0 Å². The van der Waals surface area contributed by atoms with E-state index in [4.69, 9.17) is 10.5 Å². The Hall–Kier alpha value is -3.95. The molecule has 0 radical (unpaired) electrons. The molecule has 7 rings (SSSR count). The molecule has 3 N–H and O–H groups in total. The third kappa shape index (κ3) is 3.65. The summed E-state index contributed by atoms with van der Waals surface area (Å²) in [5.41, 5.74) is 9.90. The zero-order valence-corrected chi connectivity index (χ0v) is 20.9. The molecular weight excluding hydrogens is 485 g/mol. The van der Waals surface area contributed by atoms with Gasteiger partial charge in [0, 0.05) is 38.4 Å². The van der Waals surface area contributed by atoms with E-state index in [9.17, 15) is 9.59 Å². The minimum atomic E-state index is -0.567. The van der Waals surface area contributed by atoms with E-state index in [0.29, 0.717) is 35.7 Å². The third-order valence-corrected chi connectivity index (χ3v) is 7.87. The number of fused-ring (bicyclic) bond motifs is 3. The summed E-state index contributed by atoms with van der Waals surface area (Å²) in [7, 11) is 0. The Kier molecular flexibility index (Phi) is 5.38. The number of ether oxygens (including phenoxy) is 1. The molecule has 3 aliphatic heterocycles. The molecule has 38 heavy (non-hydrogen) atoms. The average molecular weight is 514 g/mol. The number of nitrogens with zero attached hydrogens (tertiary/aromatic N) is 3. The normalized spacial score (nSPS) is 19.0. The van der Waals surface area contributed by atoms with Crippen LogP contribution in [-0.2, 0) is 0 Å². The van der Waals surface area contributed by atoms with Gasteiger partial charge in [-0.2, -0.15) is 0 Å². The molecule has 2 saturated heterocycles. The molecule has 2 fully saturated rings. The van der Waals surface area contributed by atoms with E-state index in [0.717, 1.165) is 49.5 Å². The SMILES string of the molecule is NC1CCN(c2c(F)cc3c(=O)c(C(=O)NN4CCCCC4)cn4c3c2Oc2cc3ccccc3cc2-4)C1. The first-order chi connectivity index (χ1) is 18.5. The van der Waals surface area contributed by atoms with E-state index in [2.05, 4.69) is 5.43 Å². The van der Waals surface area contributed by atoms with Crippen LogP contribution in [0.3, 0.4) is 0 Å². The lowest BCUT2D eigenvalue weighted by Gasteiger charge is -2.30.